The van der Waals surface area contributed by atoms with Gasteiger partial charge in [-0.2, -0.15) is 0 Å². The number of H-pyrrole nitrogens is 1. The molecule has 0 saturated heterocycles. The summed E-state index contributed by atoms with van der Waals surface area (Å²) in [6, 6.07) is 9.68. The van der Waals surface area contributed by atoms with E-state index in [2.05, 4.69) is 20.2 Å². The predicted octanol–water partition coefficient (Wildman–Crippen LogP) is 3.54. The van der Waals surface area contributed by atoms with Crippen molar-refractivity contribution in [3.05, 3.63) is 58.0 Å². The van der Waals surface area contributed by atoms with Gasteiger partial charge in [0.25, 0.3) is 5.56 Å². The van der Waals surface area contributed by atoms with Crippen LogP contribution in [0.4, 0.5) is 0 Å². The standard InChI is InChI=1S/C17H18N4O2S/c1-4-13-20-21-16(23-13)11(3)24-17-18-14(10(2)15(22)19-17)12-8-6-5-7-9-12/h5-9,11H,4H2,1-3H3,(H,18,19,22)/t11-/m0/s1. The smallest absolute Gasteiger partial charge is 0.255 e. The van der Waals surface area contributed by atoms with E-state index in [0.717, 1.165) is 5.56 Å². The van der Waals surface area contributed by atoms with Gasteiger partial charge in [0.2, 0.25) is 11.8 Å². The second-order valence-electron chi connectivity index (χ2n) is 5.36. The summed E-state index contributed by atoms with van der Waals surface area (Å²) in [6.07, 6.45) is 0.697. The molecule has 0 radical (unpaired) electrons. The number of nitrogens with one attached hydrogen (secondary N) is 1. The van der Waals surface area contributed by atoms with Gasteiger partial charge in [0.15, 0.2) is 5.16 Å². The van der Waals surface area contributed by atoms with E-state index in [1.165, 1.54) is 11.8 Å². The summed E-state index contributed by atoms with van der Waals surface area (Å²) in [4.78, 5) is 19.7. The fourth-order valence-electron chi connectivity index (χ4n) is 2.24. The Balaban J connectivity index is 1.91. The molecular weight excluding hydrogens is 324 g/mol. The maximum atomic E-state index is 12.2. The molecule has 24 heavy (non-hydrogen) atoms. The number of aromatic nitrogens is 4. The zero-order valence-corrected chi connectivity index (χ0v) is 14.6. The minimum atomic E-state index is -0.140. The lowest BCUT2D eigenvalue weighted by Gasteiger charge is -2.09. The summed E-state index contributed by atoms with van der Waals surface area (Å²) >= 11 is 1.39. The van der Waals surface area contributed by atoms with Crippen molar-refractivity contribution >= 4 is 11.8 Å². The Kier molecular flexibility index (Phi) is 4.80. The molecule has 0 amide bonds. The number of rotatable bonds is 5. The number of aryl methyl sites for hydroxylation is 1. The molecule has 7 heteroatoms. The van der Waals surface area contributed by atoms with E-state index in [4.69, 9.17) is 4.42 Å². The minimum absolute atomic E-state index is 0.104. The van der Waals surface area contributed by atoms with Crippen LogP contribution in [-0.4, -0.2) is 20.2 Å². The zero-order chi connectivity index (χ0) is 17.1. The predicted molar refractivity (Wildman–Crippen MR) is 93.0 cm³/mol. The van der Waals surface area contributed by atoms with E-state index in [0.29, 0.717) is 34.6 Å². The van der Waals surface area contributed by atoms with Crippen LogP contribution in [0.2, 0.25) is 0 Å². The number of hydrogen-bond acceptors (Lipinski definition) is 6. The molecule has 0 unspecified atom stereocenters. The molecule has 2 aromatic heterocycles. The van der Waals surface area contributed by atoms with Crippen LogP contribution in [0.3, 0.4) is 0 Å². The Morgan fingerprint density at radius 3 is 2.67 bits per heavy atom. The Hall–Kier alpha value is -2.41. The maximum Gasteiger partial charge on any atom is 0.255 e. The summed E-state index contributed by atoms with van der Waals surface area (Å²) in [5.41, 5.74) is 2.07. The molecule has 0 aliphatic carbocycles. The molecule has 0 bridgehead atoms. The second kappa shape index (κ2) is 7.00. The topological polar surface area (TPSA) is 84.7 Å². The van der Waals surface area contributed by atoms with Crippen LogP contribution in [-0.2, 0) is 6.42 Å². The molecule has 0 aliphatic heterocycles. The second-order valence-corrected chi connectivity index (χ2v) is 6.69. The maximum absolute atomic E-state index is 12.2. The average molecular weight is 342 g/mol. The van der Waals surface area contributed by atoms with Crippen molar-refractivity contribution in [1.82, 2.24) is 20.2 Å². The Bertz CT molecular complexity index is 889. The van der Waals surface area contributed by atoms with Gasteiger partial charge in [-0.05, 0) is 13.8 Å². The van der Waals surface area contributed by atoms with Gasteiger partial charge in [0.1, 0.15) is 0 Å². The van der Waals surface area contributed by atoms with E-state index < -0.39 is 0 Å². The first-order chi connectivity index (χ1) is 11.6. The molecule has 1 N–H and O–H groups in total. The monoisotopic (exact) mass is 342 g/mol. The molecule has 0 saturated carbocycles. The van der Waals surface area contributed by atoms with E-state index in [-0.39, 0.29) is 10.8 Å². The molecule has 3 aromatic rings. The third kappa shape index (κ3) is 3.41. The van der Waals surface area contributed by atoms with Crippen LogP contribution in [0, 0.1) is 6.92 Å². The average Bonchev–Trinajstić information content (AvgIpc) is 3.08. The van der Waals surface area contributed by atoms with Crippen LogP contribution in [0.15, 0.2) is 44.7 Å². The number of thioether (sulfide) groups is 1. The van der Waals surface area contributed by atoms with Gasteiger partial charge in [-0.3, -0.25) is 4.79 Å². The highest BCUT2D eigenvalue weighted by Gasteiger charge is 2.18. The van der Waals surface area contributed by atoms with Crippen molar-refractivity contribution in [2.24, 2.45) is 0 Å². The molecule has 2 heterocycles. The Morgan fingerprint density at radius 2 is 2.00 bits per heavy atom. The molecule has 0 spiro atoms. The highest BCUT2D eigenvalue weighted by molar-refractivity contribution is 7.99. The van der Waals surface area contributed by atoms with Gasteiger partial charge in [-0.25, -0.2) is 4.98 Å². The van der Waals surface area contributed by atoms with Crippen molar-refractivity contribution < 1.29 is 4.42 Å². The summed E-state index contributed by atoms with van der Waals surface area (Å²) in [5.74, 6) is 1.13. The van der Waals surface area contributed by atoms with Crippen molar-refractivity contribution in [2.45, 2.75) is 37.6 Å². The third-order valence-corrected chi connectivity index (χ3v) is 4.57. The van der Waals surface area contributed by atoms with E-state index in [1.807, 2.05) is 44.2 Å². The van der Waals surface area contributed by atoms with Gasteiger partial charge in [0, 0.05) is 17.5 Å². The highest BCUT2D eigenvalue weighted by Crippen LogP contribution is 2.32. The lowest BCUT2D eigenvalue weighted by Crippen LogP contribution is -2.14. The Labute approximate surface area is 143 Å². The molecule has 124 valence electrons. The van der Waals surface area contributed by atoms with E-state index in [1.54, 1.807) is 6.92 Å². The van der Waals surface area contributed by atoms with Crippen LogP contribution in [0.5, 0.6) is 0 Å². The lowest BCUT2D eigenvalue weighted by molar-refractivity contribution is 0.456. The molecule has 3 rings (SSSR count). The first-order valence-electron chi connectivity index (χ1n) is 7.73. The molecule has 1 aromatic carbocycles. The van der Waals surface area contributed by atoms with Gasteiger partial charge < -0.3 is 9.40 Å². The van der Waals surface area contributed by atoms with Crippen LogP contribution in [0.1, 0.15) is 36.4 Å². The minimum Gasteiger partial charge on any atom is -0.424 e. The largest absolute Gasteiger partial charge is 0.424 e. The van der Waals surface area contributed by atoms with Crippen LogP contribution in [0.25, 0.3) is 11.3 Å². The summed E-state index contributed by atoms with van der Waals surface area (Å²) in [6.45, 7) is 5.68. The third-order valence-electron chi connectivity index (χ3n) is 3.60. The highest BCUT2D eigenvalue weighted by atomic mass is 32.2. The summed E-state index contributed by atoms with van der Waals surface area (Å²) in [7, 11) is 0. The SMILES string of the molecule is CCc1nnc([C@H](C)Sc2nc(-c3ccccc3)c(C)c(=O)[nH]2)o1. The number of aromatic amines is 1. The zero-order valence-electron chi connectivity index (χ0n) is 13.7. The molecular formula is C17H18N4O2S. The van der Waals surface area contributed by atoms with Gasteiger partial charge in [0.05, 0.1) is 10.9 Å². The van der Waals surface area contributed by atoms with Crippen molar-refractivity contribution in [3.8, 4) is 11.3 Å². The molecule has 0 fully saturated rings. The van der Waals surface area contributed by atoms with Crippen LogP contribution < -0.4 is 5.56 Å². The number of nitrogens with zero attached hydrogens (tertiary/aromatic N) is 3. The first kappa shape index (κ1) is 16.4. The number of hydrogen-bond donors (Lipinski definition) is 1. The molecule has 1 atom stereocenters. The van der Waals surface area contributed by atoms with Crippen molar-refractivity contribution in [1.29, 1.82) is 0 Å². The fourth-order valence-corrected chi connectivity index (χ4v) is 3.06. The van der Waals surface area contributed by atoms with Crippen molar-refractivity contribution in [2.75, 3.05) is 0 Å². The normalized spacial score (nSPS) is 12.3. The van der Waals surface area contributed by atoms with E-state index >= 15 is 0 Å². The van der Waals surface area contributed by atoms with E-state index in [9.17, 15) is 4.79 Å². The van der Waals surface area contributed by atoms with Gasteiger partial charge >= 0.3 is 0 Å². The molecule has 6 nitrogen and oxygen atoms in total. The summed E-state index contributed by atoms with van der Waals surface area (Å²) < 4.78 is 5.57. The first-order valence-corrected chi connectivity index (χ1v) is 8.61. The Morgan fingerprint density at radius 1 is 1.25 bits per heavy atom. The van der Waals surface area contributed by atoms with Gasteiger partial charge in [-0.15, -0.1) is 10.2 Å². The van der Waals surface area contributed by atoms with Crippen LogP contribution >= 0.6 is 11.8 Å². The fraction of sp³-hybridized carbons (Fsp3) is 0.294. The lowest BCUT2D eigenvalue weighted by atomic mass is 10.1. The number of benzene rings is 1. The quantitative estimate of drug-likeness (QED) is 0.564. The van der Waals surface area contributed by atoms with Gasteiger partial charge in [-0.1, -0.05) is 49.0 Å². The molecule has 0 aliphatic rings. The summed E-state index contributed by atoms with van der Waals surface area (Å²) in [5, 5.41) is 8.45. The van der Waals surface area contributed by atoms with Crippen molar-refractivity contribution in [3.63, 3.8) is 0 Å².